The van der Waals surface area contributed by atoms with Crippen LogP contribution in [0.3, 0.4) is 0 Å². The highest BCUT2D eigenvalue weighted by Gasteiger charge is 2.20. The first kappa shape index (κ1) is 22.6. The van der Waals surface area contributed by atoms with Gasteiger partial charge in [-0.1, -0.05) is 30.3 Å². The summed E-state index contributed by atoms with van der Waals surface area (Å²) in [5.41, 5.74) is 4.47. The third-order valence-corrected chi connectivity index (χ3v) is 6.10. The van der Waals surface area contributed by atoms with Gasteiger partial charge in [0.05, 0.1) is 16.1 Å². The number of pyridine rings is 1. The number of anilines is 2. The van der Waals surface area contributed by atoms with Crippen LogP contribution in [-0.2, 0) is 11.4 Å². The van der Waals surface area contributed by atoms with Gasteiger partial charge in [-0.2, -0.15) is 0 Å². The van der Waals surface area contributed by atoms with E-state index >= 15 is 0 Å². The lowest BCUT2D eigenvalue weighted by molar-refractivity contribution is -0.125. The number of amides is 1. The highest BCUT2D eigenvalue weighted by molar-refractivity contribution is 6.32. The molecule has 1 amide bonds. The lowest BCUT2D eigenvalue weighted by Gasteiger charge is -2.25. The molecule has 4 heterocycles. The molecule has 5 rings (SSSR count). The van der Waals surface area contributed by atoms with Crippen LogP contribution in [-0.4, -0.2) is 43.8 Å². The average Bonchev–Trinajstić information content (AvgIpc) is 3.34. The summed E-state index contributed by atoms with van der Waals surface area (Å²) in [5.74, 6) is 1.17. The van der Waals surface area contributed by atoms with Crippen molar-refractivity contribution in [1.82, 2.24) is 24.8 Å². The Morgan fingerprint density at radius 2 is 2.17 bits per heavy atom. The Morgan fingerprint density at radius 1 is 1.26 bits per heavy atom. The number of hydrogen-bond donors (Lipinski definition) is 2. The monoisotopic (exact) mass is 486 g/mol. The van der Waals surface area contributed by atoms with Crippen molar-refractivity contribution in [2.45, 2.75) is 13.0 Å². The molecule has 1 aliphatic rings. The van der Waals surface area contributed by atoms with Crippen LogP contribution in [0.5, 0.6) is 5.75 Å². The molecule has 0 atom stereocenters. The van der Waals surface area contributed by atoms with E-state index in [-0.39, 0.29) is 5.91 Å². The molecule has 4 aromatic rings. The van der Waals surface area contributed by atoms with Crippen molar-refractivity contribution >= 4 is 45.6 Å². The molecule has 0 spiro atoms. The largest absolute Gasteiger partial charge is 0.486 e. The first-order chi connectivity index (χ1) is 17.1. The van der Waals surface area contributed by atoms with Gasteiger partial charge in [0.2, 0.25) is 5.91 Å². The quantitative estimate of drug-likeness (QED) is 0.351. The standard InChI is InChI=1S/C26H23ClN6O2/c1-2-23(34)33-11-8-17(9-12-33)20-14-29-25-24(20)26(31-16-30-25)32-18-6-7-22(21(27)13-18)35-15-19-5-3-4-10-28-19/h2-8,10,13-14,16H,1,9,11-12,15H2,(H2,29,30,31,32). The second-order valence-electron chi connectivity index (χ2n) is 8.00. The van der Waals surface area contributed by atoms with Gasteiger partial charge in [0, 0.05) is 36.7 Å². The summed E-state index contributed by atoms with van der Waals surface area (Å²) in [6, 6.07) is 11.2. The molecular formula is C26H23ClN6O2. The average molecular weight is 487 g/mol. The van der Waals surface area contributed by atoms with Crippen molar-refractivity contribution < 1.29 is 9.53 Å². The molecule has 3 aromatic heterocycles. The third kappa shape index (κ3) is 4.88. The van der Waals surface area contributed by atoms with Gasteiger partial charge in [-0.3, -0.25) is 9.78 Å². The minimum Gasteiger partial charge on any atom is -0.486 e. The summed E-state index contributed by atoms with van der Waals surface area (Å²) < 4.78 is 5.82. The predicted molar refractivity (Wildman–Crippen MR) is 137 cm³/mol. The number of nitrogens with zero attached hydrogens (tertiary/aromatic N) is 4. The SMILES string of the molecule is C=CC(=O)N1CC=C(c2c[nH]c3ncnc(Nc4ccc(OCc5ccccn5)c(Cl)c4)c23)CC1. The molecule has 1 aromatic carbocycles. The van der Waals surface area contributed by atoms with Gasteiger partial charge in [0.25, 0.3) is 0 Å². The molecule has 0 unspecified atom stereocenters. The summed E-state index contributed by atoms with van der Waals surface area (Å²) in [6.07, 6.45) is 9.31. The molecule has 2 N–H and O–H groups in total. The summed E-state index contributed by atoms with van der Waals surface area (Å²) in [7, 11) is 0. The van der Waals surface area contributed by atoms with Crippen molar-refractivity contribution in [3.63, 3.8) is 0 Å². The Balaban J connectivity index is 1.37. The highest BCUT2D eigenvalue weighted by Crippen LogP contribution is 2.35. The maximum atomic E-state index is 11.9. The van der Waals surface area contributed by atoms with Gasteiger partial charge in [-0.05, 0) is 48.4 Å². The van der Waals surface area contributed by atoms with Gasteiger partial charge >= 0.3 is 0 Å². The number of aromatic amines is 1. The van der Waals surface area contributed by atoms with Crippen molar-refractivity contribution in [2.24, 2.45) is 0 Å². The van der Waals surface area contributed by atoms with E-state index in [0.717, 1.165) is 40.0 Å². The molecule has 176 valence electrons. The van der Waals surface area contributed by atoms with Gasteiger partial charge < -0.3 is 19.9 Å². The Kier molecular flexibility index (Phi) is 6.45. The lowest BCUT2D eigenvalue weighted by atomic mass is 9.99. The molecule has 0 radical (unpaired) electrons. The summed E-state index contributed by atoms with van der Waals surface area (Å²) in [4.78, 5) is 30.0. The first-order valence-corrected chi connectivity index (χ1v) is 11.5. The number of H-pyrrole nitrogens is 1. The van der Waals surface area contributed by atoms with E-state index in [1.165, 1.54) is 12.4 Å². The number of fused-ring (bicyclic) bond motifs is 1. The fourth-order valence-electron chi connectivity index (χ4n) is 4.02. The van der Waals surface area contributed by atoms with Crippen LogP contribution in [0.1, 0.15) is 17.7 Å². The Morgan fingerprint density at radius 3 is 2.91 bits per heavy atom. The van der Waals surface area contributed by atoms with E-state index in [2.05, 4.69) is 37.9 Å². The smallest absolute Gasteiger partial charge is 0.246 e. The zero-order chi connectivity index (χ0) is 24.2. The Bertz CT molecular complexity index is 1420. The summed E-state index contributed by atoms with van der Waals surface area (Å²) in [5, 5.41) is 4.72. The van der Waals surface area contributed by atoms with Gasteiger partial charge in [0.1, 0.15) is 30.1 Å². The van der Waals surface area contributed by atoms with Crippen molar-refractivity contribution in [1.29, 1.82) is 0 Å². The maximum absolute atomic E-state index is 11.9. The minimum absolute atomic E-state index is 0.0609. The normalized spacial score (nSPS) is 13.4. The van der Waals surface area contributed by atoms with Crippen molar-refractivity contribution in [3.05, 3.63) is 90.1 Å². The summed E-state index contributed by atoms with van der Waals surface area (Å²) >= 11 is 6.49. The number of ether oxygens (including phenoxy) is 1. The number of rotatable bonds is 7. The van der Waals surface area contributed by atoms with Gasteiger partial charge in [-0.15, -0.1) is 0 Å². The zero-order valence-electron chi connectivity index (χ0n) is 18.9. The predicted octanol–water partition coefficient (Wildman–Crippen LogP) is 5.13. The first-order valence-electron chi connectivity index (χ1n) is 11.1. The van der Waals surface area contributed by atoms with Crippen LogP contribution in [0.2, 0.25) is 5.02 Å². The molecule has 1 aliphatic heterocycles. The van der Waals surface area contributed by atoms with E-state index in [1.54, 1.807) is 17.2 Å². The molecule has 0 saturated carbocycles. The van der Waals surface area contributed by atoms with E-state index < -0.39 is 0 Å². The molecule has 0 fully saturated rings. The number of benzene rings is 1. The van der Waals surface area contributed by atoms with Crippen LogP contribution < -0.4 is 10.1 Å². The van der Waals surface area contributed by atoms with Crippen molar-refractivity contribution in [2.75, 3.05) is 18.4 Å². The second kappa shape index (κ2) is 9.99. The van der Waals surface area contributed by atoms with Gasteiger partial charge in [0.15, 0.2) is 0 Å². The molecule has 9 heteroatoms. The number of halogens is 1. The number of hydrogen-bond acceptors (Lipinski definition) is 6. The van der Waals surface area contributed by atoms with E-state index in [0.29, 0.717) is 36.3 Å². The van der Waals surface area contributed by atoms with E-state index in [9.17, 15) is 4.79 Å². The third-order valence-electron chi connectivity index (χ3n) is 5.81. The van der Waals surface area contributed by atoms with E-state index in [1.807, 2.05) is 36.5 Å². The van der Waals surface area contributed by atoms with Crippen LogP contribution >= 0.6 is 11.6 Å². The number of aromatic nitrogens is 4. The number of carbonyl (C=O) groups excluding carboxylic acids is 1. The van der Waals surface area contributed by atoms with Gasteiger partial charge in [-0.25, -0.2) is 9.97 Å². The second-order valence-corrected chi connectivity index (χ2v) is 8.40. The number of nitrogens with one attached hydrogen (secondary N) is 2. The molecule has 0 bridgehead atoms. The number of carbonyl (C=O) groups is 1. The molecular weight excluding hydrogens is 464 g/mol. The van der Waals surface area contributed by atoms with Crippen LogP contribution in [0.4, 0.5) is 11.5 Å². The minimum atomic E-state index is -0.0609. The van der Waals surface area contributed by atoms with Crippen molar-refractivity contribution in [3.8, 4) is 5.75 Å². The fraction of sp³-hybridized carbons (Fsp3) is 0.154. The fourth-order valence-corrected chi connectivity index (χ4v) is 4.26. The van der Waals surface area contributed by atoms with Crippen LogP contribution in [0.25, 0.3) is 16.6 Å². The Labute approximate surface area is 207 Å². The maximum Gasteiger partial charge on any atom is 0.246 e. The zero-order valence-corrected chi connectivity index (χ0v) is 19.6. The Hall–Kier alpha value is -4.17. The lowest BCUT2D eigenvalue weighted by Crippen LogP contribution is -2.33. The molecule has 35 heavy (non-hydrogen) atoms. The van der Waals surface area contributed by atoms with Crippen LogP contribution in [0, 0.1) is 0 Å². The molecule has 8 nitrogen and oxygen atoms in total. The topological polar surface area (TPSA) is 96.0 Å². The van der Waals surface area contributed by atoms with Crippen LogP contribution in [0.15, 0.2) is 73.9 Å². The molecule has 0 saturated heterocycles. The highest BCUT2D eigenvalue weighted by atomic mass is 35.5. The summed E-state index contributed by atoms with van der Waals surface area (Å²) in [6.45, 7) is 5.08. The van der Waals surface area contributed by atoms with E-state index in [4.69, 9.17) is 16.3 Å². The molecule has 0 aliphatic carbocycles.